The van der Waals surface area contributed by atoms with Crippen molar-refractivity contribution in [1.82, 2.24) is 4.90 Å². The molecule has 2 nitrogen and oxygen atoms in total. The summed E-state index contributed by atoms with van der Waals surface area (Å²) in [6, 6.07) is 0. The summed E-state index contributed by atoms with van der Waals surface area (Å²) in [6.07, 6.45) is 1.01. The van der Waals surface area contributed by atoms with Crippen LogP contribution in [0.1, 0.15) is 54.9 Å². The third-order valence-electron chi connectivity index (χ3n) is 3.14. The van der Waals surface area contributed by atoms with Crippen molar-refractivity contribution in [3.05, 3.63) is 0 Å². The quantitative estimate of drug-likeness (QED) is 0.619. The van der Waals surface area contributed by atoms with Gasteiger partial charge in [-0.05, 0) is 17.3 Å². The molecule has 1 atom stereocenters. The second-order valence-electron chi connectivity index (χ2n) is 6.48. The van der Waals surface area contributed by atoms with Gasteiger partial charge in [-0.3, -0.25) is 4.79 Å². The maximum Gasteiger partial charge on any atom is 0.225 e. The van der Waals surface area contributed by atoms with E-state index in [9.17, 15) is 4.79 Å². The molecule has 96 valence electrons. The van der Waals surface area contributed by atoms with Crippen molar-refractivity contribution in [2.75, 3.05) is 13.6 Å². The van der Waals surface area contributed by atoms with Crippen LogP contribution in [0.5, 0.6) is 0 Å². The Balaban J connectivity index is 0.00000106. The van der Waals surface area contributed by atoms with Gasteiger partial charge in [0.05, 0.1) is 0 Å². The number of carbonyl (C=O) groups is 1. The summed E-state index contributed by atoms with van der Waals surface area (Å²) in [5.74, 6) is 0.494. The van der Waals surface area contributed by atoms with Gasteiger partial charge in [0.15, 0.2) is 0 Å². The molecular weight excluding hydrogens is 198 g/mol. The van der Waals surface area contributed by atoms with Gasteiger partial charge in [0.25, 0.3) is 0 Å². The molecule has 0 radical (unpaired) electrons. The molecule has 2 heteroatoms. The number of hydrogen-bond donors (Lipinski definition) is 0. The van der Waals surface area contributed by atoms with Crippen LogP contribution in [-0.2, 0) is 4.79 Å². The van der Waals surface area contributed by atoms with E-state index in [1.165, 1.54) is 0 Å². The van der Waals surface area contributed by atoms with Crippen LogP contribution in [0.15, 0.2) is 0 Å². The molecule has 1 aliphatic rings. The normalized spacial score (nSPS) is 24.9. The number of hydrogen-bond acceptors (Lipinski definition) is 1. The first-order valence-corrected chi connectivity index (χ1v) is 6.38. The first kappa shape index (κ1) is 15.5. The van der Waals surface area contributed by atoms with Crippen LogP contribution in [0.3, 0.4) is 0 Å². The molecule has 0 aromatic carbocycles. The van der Waals surface area contributed by atoms with Gasteiger partial charge in [-0.25, -0.2) is 0 Å². The average molecular weight is 227 g/mol. The zero-order valence-corrected chi connectivity index (χ0v) is 12.3. The monoisotopic (exact) mass is 227 g/mol. The summed E-state index contributed by atoms with van der Waals surface area (Å²) in [5.41, 5.74) is 0.351. The number of likely N-dealkylation sites (tertiary alicyclic amines) is 1. The van der Waals surface area contributed by atoms with Crippen LogP contribution in [0.2, 0.25) is 0 Å². The van der Waals surface area contributed by atoms with Crippen LogP contribution < -0.4 is 0 Å². The highest BCUT2D eigenvalue weighted by Gasteiger charge is 2.42. The van der Waals surface area contributed by atoms with E-state index in [0.717, 1.165) is 13.0 Å². The number of rotatable bonds is 0. The van der Waals surface area contributed by atoms with E-state index >= 15 is 0 Å². The highest BCUT2D eigenvalue weighted by Crippen LogP contribution is 2.41. The summed E-state index contributed by atoms with van der Waals surface area (Å²) >= 11 is 0. The Morgan fingerprint density at radius 2 is 1.69 bits per heavy atom. The van der Waals surface area contributed by atoms with Gasteiger partial charge in [-0.15, -0.1) is 0 Å². The maximum atomic E-state index is 12.0. The minimum Gasteiger partial charge on any atom is -0.345 e. The van der Waals surface area contributed by atoms with Crippen LogP contribution in [0.25, 0.3) is 0 Å². The van der Waals surface area contributed by atoms with E-state index < -0.39 is 0 Å². The van der Waals surface area contributed by atoms with E-state index in [0.29, 0.717) is 5.91 Å². The minimum absolute atomic E-state index is 0.0863. The Labute approximate surface area is 101 Å². The molecule has 0 aliphatic carbocycles. The maximum absolute atomic E-state index is 12.0. The van der Waals surface area contributed by atoms with Crippen molar-refractivity contribution in [3.63, 3.8) is 0 Å². The summed E-state index contributed by atoms with van der Waals surface area (Å²) in [7, 11) is 1.92. The molecule has 1 heterocycles. The Bertz CT molecular complexity index is 238. The van der Waals surface area contributed by atoms with Gasteiger partial charge in [0, 0.05) is 19.5 Å². The van der Waals surface area contributed by atoms with Crippen molar-refractivity contribution in [2.45, 2.75) is 54.9 Å². The molecule has 16 heavy (non-hydrogen) atoms. The Kier molecular flexibility index (Phi) is 5.03. The minimum atomic E-state index is 0.0863. The lowest BCUT2D eigenvalue weighted by molar-refractivity contribution is -0.146. The van der Waals surface area contributed by atoms with E-state index in [4.69, 9.17) is 0 Å². The predicted octanol–water partition coefficient (Wildman–Crippen LogP) is 3.56. The van der Waals surface area contributed by atoms with E-state index in [1.54, 1.807) is 0 Å². The van der Waals surface area contributed by atoms with Crippen LogP contribution in [0, 0.1) is 16.7 Å². The molecule has 0 N–H and O–H groups in total. The van der Waals surface area contributed by atoms with Gasteiger partial charge in [0.1, 0.15) is 0 Å². The second kappa shape index (κ2) is 5.20. The van der Waals surface area contributed by atoms with Gasteiger partial charge < -0.3 is 4.90 Å². The molecule has 0 spiro atoms. The molecule has 1 amide bonds. The van der Waals surface area contributed by atoms with Crippen LogP contribution in [0.4, 0.5) is 0 Å². The average Bonchev–Trinajstić information content (AvgIpc) is 2.12. The molecule has 1 unspecified atom stereocenters. The van der Waals surface area contributed by atoms with Gasteiger partial charge >= 0.3 is 0 Å². The van der Waals surface area contributed by atoms with E-state index in [-0.39, 0.29) is 16.7 Å². The van der Waals surface area contributed by atoms with E-state index in [2.05, 4.69) is 34.6 Å². The topological polar surface area (TPSA) is 20.3 Å². The van der Waals surface area contributed by atoms with Crippen LogP contribution >= 0.6 is 0 Å². The van der Waals surface area contributed by atoms with Crippen molar-refractivity contribution in [1.29, 1.82) is 0 Å². The third-order valence-corrected chi connectivity index (χ3v) is 3.14. The lowest BCUT2D eigenvalue weighted by atomic mass is 9.68. The SMILES string of the molecule is CC.CN1CC(C)(C)CC(C(C)(C)C)C1=O. The van der Waals surface area contributed by atoms with Crippen molar-refractivity contribution in [2.24, 2.45) is 16.7 Å². The molecule has 1 saturated heterocycles. The number of carbonyl (C=O) groups excluding carboxylic acids is 1. The molecule has 1 rings (SSSR count). The second-order valence-corrected chi connectivity index (χ2v) is 6.48. The Morgan fingerprint density at radius 1 is 1.25 bits per heavy atom. The summed E-state index contributed by atoms with van der Waals surface area (Å²) in [4.78, 5) is 13.9. The highest BCUT2D eigenvalue weighted by atomic mass is 16.2. The first-order chi connectivity index (χ1) is 7.13. The Morgan fingerprint density at radius 3 is 2.06 bits per heavy atom. The molecule has 1 aliphatic heterocycles. The fourth-order valence-electron chi connectivity index (χ4n) is 2.37. The smallest absolute Gasteiger partial charge is 0.225 e. The van der Waals surface area contributed by atoms with Gasteiger partial charge in [0.2, 0.25) is 5.91 Å². The van der Waals surface area contributed by atoms with Crippen molar-refractivity contribution >= 4 is 5.91 Å². The van der Waals surface area contributed by atoms with Gasteiger partial charge in [-0.2, -0.15) is 0 Å². The van der Waals surface area contributed by atoms with E-state index in [1.807, 2.05) is 25.8 Å². The number of nitrogens with zero attached hydrogens (tertiary/aromatic N) is 1. The number of piperidine rings is 1. The molecule has 0 saturated carbocycles. The largest absolute Gasteiger partial charge is 0.345 e. The molecule has 1 fully saturated rings. The summed E-state index contributed by atoms with van der Waals surface area (Å²) < 4.78 is 0. The fourth-order valence-corrected chi connectivity index (χ4v) is 2.37. The lowest BCUT2D eigenvalue weighted by Gasteiger charge is -2.45. The third kappa shape index (κ3) is 3.80. The van der Waals surface area contributed by atoms with Crippen molar-refractivity contribution in [3.8, 4) is 0 Å². The predicted molar refractivity (Wildman–Crippen MR) is 70.3 cm³/mol. The zero-order chi connectivity index (χ0) is 13.1. The summed E-state index contributed by atoms with van der Waals surface area (Å²) in [5, 5.41) is 0. The zero-order valence-electron chi connectivity index (χ0n) is 12.3. The highest BCUT2D eigenvalue weighted by molar-refractivity contribution is 5.80. The van der Waals surface area contributed by atoms with Gasteiger partial charge in [-0.1, -0.05) is 48.5 Å². The fraction of sp³-hybridized carbons (Fsp3) is 0.929. The Hall–Kier alpha value is -0.530. The standard InChI is InChI=1S/C12H23NO.C2H6/c1-11(2,3)9-7-12(4,5)8-13(6)10(9)14;1-2/h9H,7-8H2,1-6H3;1-2H3. The summed E-state index contributed by atoms with van der Waals surface area (Å²) in [6.45, 7) is 15.8. The molecular formula is C14H29NO. The lowest BCUT2D eigenvalue weighted by Crippen LogP contribution is -2.50. The molecule has 0 aromatic heterocycles. The first-order valence-electron chi connectivity index (χ1n) is 6.38. The molecule has 0 aromatic rings. The molecule has 0 bridgehead atoms. The van der Waals surface area contributed by atoms with Crippen LogP contribution in [-0.4, -0.2) is 24.4 Å². The number of amides is 1. The van der Waals surface area contributed by atoms with Crippen molar-refractivity contribution < 1.29 is 4.79 Å².